The molecule has 3 heteroatoms. The van der Waals surface area contributed by atoms with E-state index < -0.39 is 0 Å². The zero-order valence-corrected chi connectivity index (χ0v) is 11.9. The number of hydrogen-bond donors (Lipinski definition) is 1. The van der Waals surface area contributed by atoms with Crippen molar-refractivity contribution in [2.45, 2.75) is 59.4 Å². The Bertz CT molecular complexity index is 237. The molecule has 3 nitrogen and oxygen atoms in total. The summed E-state index contributed by atoms with van der Waals surface area (Å²) >= 11 is 0. The van der Waals surface area contributed by atoms with Crippen molar-refractivity contribution in [1.82, 2.24) is 10.2 Å². The van der Waals surface area contributed by atoms with Gasteiger partial charge in [-0.1, -0.05) is 33.6 Å². The van der Waals surface area contributed by atoms with Crippen molar-refractivity contribution in [3.8, 4) is 0 Å². The van der Waals surface area contributed by atoms with E-state index in [4.69, 9.17) is 0 Å². The van der Waals surface area contributed by atoms with Crippen LogP contribution in [0.2, 0.25) is 0 Å². The molecule has 0 saturated carbocycles. The molecule has 0 aromatic rings. The van der Waals surface area contributed by atoms with Gasteiger partial charge in [0.15, 0.2) is 0 Å². The van der Waals surface area contributed by atoms with Gasteiger partial charge in [0.2, 0.25) is 5.91 Å². The van der Waals surface area contributed by atoms with Gasteiger partial charge in [-0.15, -0.1) is 0 Å². The number of hydrogen-bond acceptors (Lipinski definition) is 2. The molecule has 100 valence electrons. The highest BCUT2D eigenvalue weighted by molar-refractivity contribution is 5.78. The van der Waals surface area contributed by atoms with Crippen LogP contribution in [0.25, 0.3) is 0 Å². The van der Waals surface area contributed by atoms with E-state index in [9.17, 15) is 4.79 Å². The van der Waals surface area contributed by atoms with Crippen LogP contribution in [0.5, 0.6) is 0 Å². The zero-order chi connectivity index (χ0) is 12.9. The van der Waals surface area contributed by atoms with Gasteiger partial charge in [-0.2, -0.15) is 0 Å². The normalized spacial score (nSPS) is 19.9. The number of nitrogens with one attached hydrogen (secondary N) is 1. The molecule has 1 amide bonds. The maximum atomic E-state index is 12.0. The van der Waals surface area contributed by atoms with E-state index in [-0.39, 0.29) is 11.3 Å². The highest BCUT2D eigenvalue weighted by Gasteiger charge is 2.21. The van der Waals surface area contributed by atoms with Gasteiger partial charge in [0.1, 0.15) is 0 Å². The zero-order valence-electron chi connectivity index (χ0n) is 11.9. The Balaban J connectivity index is 2.33. The van der Waals surface area contributed by atoms with E-state index in [0.717, 1.165) is 13.1 Å². The molecule has 0 radical (unpaired) electrons. The number of rotatable bonds is 3. The van der Waals surface area contributed by atoms with Crippen LogP contribution in [0.3, 0.4) is 0 Å². The lowest BCUT2D eigenvalue weighted by molar-refractivity contribution is -0.130. The SMILES string of the molecule is CC(NCC(=O)N1CCCCCC1)C(C)(C)C. The fraction of sp³-hybridized carbons (Fsp3) is 0.929. The Hall–Kier alpha value is -0.570. The van der Waals surface area contributed by atoms with Gasteiger partial charge in [0.25, 0.3) is 0 Å². The molecule has 1 N–H and O–H groups in total. The minimum absolute atomic E-state index is 0.207. The molecule has 0 aromatic heterocycles. The summed E-state index contributed by atoms with van der Waals surface area (Å²) in [6.45, 7) is 11.1. The van der Waals surface area contributed by atoms with Crippen LogP contribution in [0, 0.1) is 5.41 Å². The molecule has 0 aromatic carbocycles. The van der Waals surface area contributed by atoms with E-state index in [1.54, 1.807) is 0 Å². The lowest BCUT2D eigenvalue weighted by atomic mass is 9.88. The summed E-state index contributed by atoms with van der Waals surface area (Å²) in [7, 11) is 0. The molecule has 0 bridgehead atoms. The van der Waals surface area contributed by atoms with Crippen LogP contribution in [-0.2, 0) is 4.79 Å². The van der Waals surface area contributed by atoms with Crippen LogP contribution >= 0.6 is 0 Å². The monoisotopic (exact) mass is 240 g/mol. The standard InChI is InChI=1S/C14H28N2O/c1-12(14(2,3)4)15-11-13(17)16-9-7-5-6-8-10-16/h12,15H,5-11H2,1-4H3. The number of nitrogens with zero attached hydrogens (tertiary/aromatic N) is 1. The average molecular weight is 240 g/mol. The maximum absolute atomic E-state index is 12.0. The fourth-order valence-electron chi connectivity index (χ4n) is 1.98. The van der Waals surface area contributed by atoms with Crippen molar-refractivity contribution < 1.29 is 4.79 Å². The third kappa shape index (κ3) is 5.07. The smallest absolute Gasteiger partial charge is 0.236 e. The van der Waals surface area contributed by atoms with Crippen molar-refractivity contribution in [3.05, 3.63) is 0 Å². The topological polar surface area (TPSA) is 32.3 Å². The van der Waals surface area contributed by atoms with Crippen LogP contribution < -0.4 is 5.32 Å². The van der Waals surface area contributed by atoms with Crippen molar-refractivity contribution in [2.24, 2.45) is 5.41 Å². The van der Waals surface area contributed by atoms with Crippen LogP contribution in [0.15, 0.2) is 0 Å². The summed E-state index contributed by atoms with van der Waals surface area (Å²) in [6, 6.07) is 0.360. The highest BCUT2D eigenvalue weighted by Crippen LogP contribution is 2.18. The van der Waals surface area contributed by atoms with E-state index in [2.05, 4.69) is 33.0 Å². The predicted molar refractivity (Wildman–Crippen MR) is 72.0 cm³/mol. The summed E-state index contributed by atoms with van der Waals surface area (Å²) in [4.78, 5) is 14.1. The maximum Gasteiger partial charge on any atom is 0.236 e. The molecule has 1 rings (SSSR count). The van der Waals surface area contributed by atoms with Crippen LogP contribution in [0.4, 0.5) is 0 Å². The largest absolute Gasteiger partial charge is 0.342 e. The number of likely N-dealkylation sites (tertiary alicyclic amines) is 1. The molecule has 1 aliphatic rings. The van der Waals surface area contributed by atoms with E-state index >= 15 is 0 Å². The number of carbonyl (C=O) groups is 1. The summed E-state index contributed by atoms with van der Waals surface area (Å²) in [5, 5.41) is 3.35. The average Bonchev–Trinajstić information content (AvgIpc) is 2.52. The minimum Gasteiger partial charge on any atom is -0.342 e. The molecule has 1 fully saturated rings. The quantitative estimate of drug-likeness (QED) is 0.821. The van der Waals surface area contributed by atoms with Gasteiger partial charge in [-0.05, 0) is 25.2 Å². The van der Waals surface area contributed by atoms with Crippen LogP contribution in [0.1, 0.15) is 53.4 Å². The summed E-state index contributed by atoms with van der Waals surface area (Å²) in [5.41, 5.74) is 0.207. The second-order valence-corrected chi connectivity index (χ2v) is 6.26. The third-order valence-corrected chi connectivity index (χ3v) is 3.82. The molecule has 1 atom stereocenters. The van der Waals surface area contributed by atoms with Crippen molar-refractivity contribution in [1.29, 1.82) is 0 Å². The summed E-state index contributed by atoms with van der Waals surface area (Å²) < 4.78 is 0. The first-order chi connectivity index (χ1) is 7.91. The minimum atomic E-state index is 0.207. The molecule has 1 saturated heterocycles. The van der Waals surface area contributed by atoms with E-state index in [0.29, 0.717) is 12.6 Å². The second kappa shape index (κ2) is 6.39. The Morgan fingerprint density at radius 2 is 1.71 bits per heavy atom. The van der Waals surface area contributed by atoms with Gasteiger partial charge in [-0.3, -0.25) is 4.79 Å². The molecule has 0 spiro atoms. The Morgan fingerprint density at radius 1 is 1.18 bits per heavy atom. The van der Waals surface area contributed by atoms with Gasteiger partial charge in [-0.25, -0.2) is 0 Å². The lowest BCUT2D eigenvalue weighted by Crippen LogP contribution is -2.45. The predicted octanol–water partition coefficient (Wildman–Crippen LogP) is 2.41. The van der Waals surface area contributed by atoms with Gasteiger partial charge < -0.3 is 10.2 Å². The summed E-state index contributed by atoms with van der Waals surface area (Å²) in [5.74, 6) is 0.267. The van der Waals surface area contributed by atoms with Crippen molar-refractivity contribution in [3.63, 3.8) is 0 Å². The van der Waals surface area contributed by atoms with E-state index in [1.807, 2.05) is 4.90 Å². The van der Waals surface area contributed by atoms with Gasteiger partial charge in [0, 0.05) is 19.1 Å². The Morgan fingerprint density at radius 3 is 2.18 bits per heavy atom. The van der Waals surface area contributed by atoms with E-state index in [1.165, 1.54) is 25.7 Å². The summed E-state index contributed by atoms with van der Waals surface area (Å²) in [6.07, 6.45) is 4.88. The molecule has 1 aliphatic heterocycles. The number of amides is 1. The van der Waals surface area contributed by atoms with Gasteiger partial charge in [0.05, 0.1) is 6.54 Å². The molecular formula is C14H28N2O. The Labute approximate surface area is 106 Å². The first-order valence-electron chi connectivity index (χ1n) is 6.92. The molecular weight excluding hydrogens is 212 g/mol. The van der Waals surface area contributed by atoms with Gasteiger partial charge >= 0.3 is 0 Å². The third-order valence-electron chi connectivity index (χ3n) is 3.82. The first-order valence-corrected chi connectivity index (χ1v) is 6.92. The Kier molecular flexibility index (Phi) is 5.44. The molecule has 1 heterocycles. The lowest BCUT2D eigenvalue weighted by Gasteiger charge is -2.29. The molecule has 0 aliphatic carbocycles. The fourth-order valence-corrected chi connectivity index (χ4v) is 1.98. The van der Waals surface area contributed by atoms with Crippen molar-refractivity contribution in [2.75, 3.05) is 19.6 Å². The van der Waals surface area contributed by atoms with Crippen molar-refractivity contribution >= 4 is 5.91 Å². The molecule has 17 heavy (non-hydrogen) atoms. The van der Waals surface area contributed by atoms with Crippen LogP contribution in [-0.4, -0.2) is 36.5 Å². The number of carbonyl (C=O) groups excluding carboxylic acids is 1. The second-order valence-electron chi connectivity index (χ2n) is 6.26. The first kappa shape index (κ1) is 14.5. The highest BCUT2D eigenvalue weighted by atomic mass is 16.2. The molecule has 1 unspecified atom stereocenters.